The molecule has 1 N–H and O–H groups in total. The van der Waals surface area contributed by atoms with Gasteiger partial charge in [-0.2, -0.15) is 13.2 Å². The quantitative estimate of drug-likeness (QED) is 0.847. The van der Waals surface area contributed by atoms with E-state index in [1.165, 1.54) is 4.90 Å². The molecule has 1 fully saturated rings. The van der Waals surface area contributed by atoms with Crippen molar-refractivity contribution in [1.82, 2.24) is 4.90 Å². The molecule has 2 atom stereocenters. The maximum Gasteiger partial charge on any atom is 0.419 e. The van der Waals surface area contributed by atoms with E-state index in [0.717, 1.165) is 6.07 Å². The molecule has 1 heterocycles. The van der Waals surface area contributed by atoms with Crippen molar-refractivity contribution in [2.24, 2.45) is 11.8 Å². The van der Waals surface area contributed by atoms with Crippen LogP contribution in [0, 0.1) is 17.7 Å². The molecule has 4 nitrogen and oxygen atoms in total. The summed E-state index contributed by atoms with van der Waals surface area (Å²) in [7, 11) is 0. The minimum Gasteiger partial charge on any atom is -0.481 e. The predicted octanol–water partition coefficient (Wildman–Crippen LogP) is 3.03. The normalized spacial score (nSPS) is 22.0. The van der Waals surface area contributed by atoms with Crippen molar-refractivity contribution < 1.29 is 32.3 Å². The van der Waals surface area contributed by atoms with Gasteiger partial charge < -0.3 is 10.0 Å². The fourth-order valence-electron chi connectivity index (χ4n) is 2.76. The Kier molecular flexibility index (Phi) is 4.63. The van der Waals surface area contributed by atoms with E-state index in [0.29, 0.717) is 18.6 Å². The Bertz CT molecular complexity index is 630. The van der Waals surface area contributed by atoms with Crippen LogP contribution in [0.5, 0.6) is 0 Å². The van der Waals surface area contributed by atoms with Crippen molar-refractivity contribution in [3.8, 4) is 0 Å². The minimum absolute atomic E-state index is 0.0405. The van der Waals surface area contributed by atoms with Crippen molar-refractivity contribution in [3.05, 3.63) is 35.1 Å². The van der Waals surface area contributed by atoms with Crippen molar-refractivity contribution in [2.45, 2.75) is 19.5 Å². The highest BCUT2D eigenvalue weighted by Gasteiger charge is 2.36. The van der Waals surface area contributed by atoms with E-state index in [1.54, 1.807) is 6.92 Å². The second kappa shape index (κ2) is 6.17. The SMILES string of the molecule is CC1CC(C(=O)O)CN(C(=O)c2ccc(C(F)(F)F)c(F)c2)C1. The third-order valence-corrected chi connectivity index (χ3v) is 3.82. The average Bonchev–Trinajstić information content (AvgIpc) is 2.44. The van der Waals surface area contributed by atoms with Crippen molar-refractivity contribution >= 4 is 11.9 Å². The van der Waals surface area contributed by atoms with E-state index < -0.39 is 35.4 Å². The molecule has 0 radical (unpaired) electrons. The molecular formula is C15H15F4NO3. The molecule has 0 bridgehead atoms. The molecule has 0 spiro atoms. The molecule has 2 rings (SSSR count). The van der Waals surface area contributed by atoms with Crippen molar-refractivity contribution in [2.75, 3.05) is 13.1 Å². The Morgan fingerprint density at radius 2 is 1.91 bits per heavy atom. The number of rotatable bonds is 2. The summed E-state index contributed by atoms with van der Waals surface area (Å²) in [6.45, 7) is 2.02. The van der Waals surface area contributed by atoms with E-state index in [-0.39, 0.29) is 24.6 Å². The summed E-state index contributed by atoms with van der Waals surface area (Å²) in [5, 5.41) is 9.07. The molecule has 1 aliphatic heterocycles. The van der Waals surface area contributed by atoms with Gasteiger partial charge in [0.1, 0.15) is 5.82 Å². The molecule has 126 valence electrons. The zero-order valence-electron chi connectivity index (χ0n) is 12.2. The van der Waals surface area contributed by atoms with Crippen LogP contribution in [0.25, 0.3) is 0 Å². The zero-order valence-corrected chi connectivity index (χ0v) is 12.2. The van der Waals surface area contributed by atoms with Gasteiger partial charge in [0, 0.05) is 18.7 Å². The van der Waals surface area contributed by atoms with E-state index >= 15 is 0 Å². The number of piperidine rings is 1. The first-order valence-electron chi connectivity index (χ1n) is 6.98. The molecule has 1 aromatic carbocycles. The summed E-state index contributed by atoms with van der Waals surface area (Å²) >= 11 is 0. The van der Waals surface area contributed by atoms with E-state index in [2.05, 4.69) is 0 Å². The highest BCUT2D eigenvalue weighted by molar-refractivity contribution is 5.94. The highest BCUT2D eigenvalue weighted by atomic mass is 19.4. The number of alkyl halides is 3. The minimum atomic E-state index is -4.83. The summed E-state index contributed by atoms with van der Waals surface area (Å²) in [5.74, 6) is -4.03. The summed E-state index contributed by atoms with van der Waals surface area (Å²) in [4.78, 5) is 24.6. The number of hydrogen-bond donors (Lipinski definition) is 1. The van der Waals surface area contributed by atoms with Crippen LogP contribution in [-0.4, -0.2) is 35.0 Å². The molecule has 0 saturated carbocycles. The van der Waals surface area contributed by atoms with E-state index in [4.69, 9.17) is 5.11 Å². The summed E-state index contributed by atoms with van der Waals surface area (Å²) in [5.41, 5.74) is -1.67. The van der Waals surface area contributed by atoms with Crippen LogP contribution in [0.15, 0.2) is 18.2 Å². The van der Waals surface area contributed by atoms with Gasteiger partial charge in [0.2, 0.25) is 0 Å². The largest absolute Gasteiger partial charge is 0.481 e. The maximum atomic E-state index is 13.6. The Hall–Kier alpha value is -2.12. The van der Waals surface area contributed by atoms with Crippen LogP contribution in [0.2, 0.25) is 0 Å². The monoisotopic (exact) mass is 333 g/mol. The predicted molar refractivity (Wildman–Crippen MR) is 72.2 cm³/mol. The lowest BCUT2D eigenvalue weighted by Crippen LogP contribution is -2.45. The topological polar surface area (TPSA) is 57.6 Å². The molecule has 2 unspecified atom stereocenters. The van der Waals surface area contributed by atoms with Gasteiger partial charge in [-0.15, -0.1) is 0 Å². The van der Waals surface area contributed by atoms with E-state index in [9.17, 15) is 27.2 Å². The number of aliphatic carboxylic acids is 1. The van der Waals surface area contributed by atoms with Gasteiger partial charge in [-0.3, -0.25) is 9.59 Å². The number of hydrogen-bond acceptors (Lipinski definition) is 2. The second-order valence-electron chi connectivity index (χ2n) is 5.78. The van der Waals surface area contributed by atoms with Crippen LogP contribution in [0.1, 0.15) is 29.3 Å². The number of benzene rings is 1. The molecule has 1 saturated heterocycles. The van der Waals surface area contributed by atoms with Crippen LogP contribution >= 0.6 is 0 Å². The first-order chi connectivity index (χ1) is 10.6. The van der Waals surface area contributed by atoms with Crippen LogP contribution in [0.3, 0.4) is 0 Å². The fourth-order valence-corrected chi connectivity index (χ4v) is 2.76. The molecule has 0 aliphatic carbocycles. The number of carboxylic acids is 1. The number of amides is 1. The van der Waals surface area contributed by atoms with Gasteiger partial charge in [0.15, 0.2) is 0 Å². The lowest BCUT2D eigenvalue weighted by molar-refractivity contribution is -0.144. The molecule has 23 heavy (non-hydrogen) atoms. The first kappa shape index (κ1) is 17.2. The molecule has 1 amide bonds. The maximum absolute atomic E-state index is 13.6. The molecule has 8 heteroatoms. The third kappa shape index (κ3) is 3.80. The smallest absolute Gasteiger partial charge is 0.419 e. The summed E-state index contributed by atoms with van der Waals surface area (Å²) in [6.07, 6.45) is -4.42. The zero-order chi connectivity index (χ0) is 17.4. The second-order valence-corrected chi connectivity index (χ2v) is 5.78. The molecule has 1 aromatic rings. The number of likely N-dealkylation sites (tertiary alicyclic amines) is 1. The Morgan fingerprint density at radius 3 is 2.43 bits per heavy atom. The van der Waals surface area contributed by atoms with Crippen molar-refractivity contribution in [3.63, 3.8) is 0 Å². The number of carboxylic acid groups (broad SMARTS) is 1. The van der Waals surface area contributed by atoms with Gasteiger partial charge in [0.05, 0.1) is 11.5 Å². The molecular weight excluding hydrogens is 318 g/mol. The van der Waals surface area contributed by atoms with Crippen molar-refractivity contribution in [1.29, 1.82) is 0 Å². The van der Waals surface area contributed by atoms with E-state index in [1.807, 2.05) is 0 Å². The number of halogens is 4. The number of carbonyl (C=O) groups excluding carboxylic acids is 1. The molecule has 1 aliphatic rings. The van der Waals surface area contributed by atoms with Gasteiger partial charge in [-0.05, 0) is 30.5 Å². The van der Waals surface area contributed by atoms with Crippen LogP contribution in [0.4, 0.5) is 17.6 Å². The Balaban J connectivity index is 2.23. The lowest BCUT2D eigenvalue weighted by Gasteiger charge is -2.34. The number of nitrogens with zero attached hydrogens (tertiary/aromatic N) is 1. The Morgan fingerprint density at radius 1 is 1.26 bits per heavy atom. The van der Waals surface area contributed by atoms with Crippen LogP contribution in [-0.2, 0) is 11.0 Å². The number of carbonyl (C=O) groups is 2. The van der Waals surface area contributed by atoms with Gasteiger partial charge in [-0.25, -0.2) is 4.39 Å². The summed E-state index contributed by atoms with van der Waals surface area (Å²) in [6, 6.07) is 1.97. The standard InChI is InChI=1S/C15H15F4NO3/c1-8-4-10(14(22)23)7-20(6-8)13(21)9-2-3-11(12(16)5-9)15(17,18)19/h2-3,5,8,10H,4,6-7H2,1H3,(H,22,23). The lowest BCUT2D eigenvalue weighted by atomic mass is 9.90. The average molecular weight is 333 g/mol. The van der Waals surface area contributed by atoms with Gasteiger partial charge in [-0.1, -0.05) is 6.92 Å². The van der Waals surface area contributed by atoms with Gasteiger partial charge >= 0.3 is 12.1 Å². The summed E-state index contributed by atoms with van der Waals surface area (Å²) < 4.78 is 51.2. The molecule has 0 aromatic heterocycles. The Labute approximate surface area is 129 Å². The highest BCUT2D eigenvalue weighted by Crippen LogP contribution is 2.32. The first-order valence-corrected chi connectivity index (χ1v) is 6.98. The van der Waals surface area contributed by atoms with Crippen LogP contribution < -0.4 is 0 Å². The third-order valence-electron chi connectivity index (χ3n) is 3.82. The fraction of sp³-hybridized carbons (Fsp3) is 0.467. The van der Waals surface area contributed by atoms with Gasteiger partial charge in [0.25, 0.3) is 5.91 Å².